The van der Waals surface area contributed by atoms with Crippen molar-refractivity contribution in [1.82, 2.24) is 4.98 Å². The van der Waals surface area contributed by atoms with Gasteiger partial charge in [-0.1, -0.05) is 0 Å². The topological polar surface area (TPSA) is 65.8 Å². The van der Waals surface area contributed by atoms with Crippen molar-refractivity contribution in [3.63, 3.8) is 0 Å². The molecule has 0 saturated carbocycles. The van der Waals surface area contributed by atoms with Crippen LogP contribution < -0.4 is 5.32 Å². The molecule has 4 nitrogen and oxygen atoms in total. The minimum atomic E-state index is -0.240. The molecule has 2 aromatic rings. The van der Waals surface area contributed by atoms with Gasteiger partial charge in [-0.05, 0) is 34.1 Å². The summed E-state index contributed by atoms with van der Waals surface area (Å²) in [7, 11) is 0. The van der Waals surface area contributed by atoms with Crippen molar-refractivity contribution in [1.29, 1.82) is 5.26 Å². The van der Waals surface area contributed by atoms with Gasteiger partial charge in [-0.3, -0.25) is 4.79 Å². The molecule has 1 amide bonds. The number of halogens is 1. The molecule has 2 rings (SSSR count). The fourth-order valence-electron chi connectivity index (χ4n) is 1.16. The minimum Gasteiger partial charge on any atom is -0.313 e. The first-order valence-corrected chi connectivity index (χ1v) is 6.28. The number of nitrogens with zero attached hydrogens (tertiary/aromatic N) is 2. The van der Waals surface area contributed by atoms with Gasteiger partial charge in [-0.2, -0.15) is 5.26 Å². The number of hydrogen-bond donors (Lipinski definition) is 1. The average molecular weight is 308 g/mol. The Morgan fingerprint density at radius 2 is 2.35 bits per heavy atom. The van der Waals surface area contributed by atoms with E-state index in [1.807, 2.05) is 17.5 Å². The van der Waals surface area contributed by atoms with Gasteiger partial charge >= 0.3 is 0 Å². The van der Waals surface area contributed by atoms with Gasteiger partial charge in [0.05, 0.1) is 10.6 Å². The number of thiophene rings is 1. The average Bonchev–Trinajstić information content (AvgIpc) is 2.75. The summed E-state index contributed by atoms with van der Waals surface area (Å²) in [5, 5.41) is 14.0. The van der Waals surface area contributed by atoms with Crippen molar-refractivity contribution in [2.24, 2.45) is 0 Å². The Kier molecular flexibility index (Phi) is 3.52. The molecule has 6 heteroatoms. The Balaban J connectivity index is 2.12. The molecule has 2 aromatic heterocycles. The van der Waals surface area contributed by atoms with Crippen LogP contribution in [0.2, 0.25) is 0 Å². The molecular weight excluding hydrogens is 302 g/mol. The fourth-order valence-corrected chi connectivity index (χ4v) is 2.47. The SMILES string of the molecule is N#Cc1ccc(C(=O)Nc2cc(Br)cs2)cn1. The second kappa shape index (κ2) is 5.08. The number of carbonyl (C=O) groups is 1. The smallest absolute Gasteiger partial charge is 0.257 e. The quantitative estimate of drug-likeness (QED) is 0.927. The lowest BCUT2D eigenvalue weighted by Crippen LogP contribution is -2.11. The highest BCUT2D eigenvalue weighted by Crippen LogP contribution is 2.24. The van der Waals surface area contributed by atoms with E-state index >= 15 is 0 Å². The lowest BCUT2D eigenvalue weighted by Gasteiger charge is -2.01. The summed E-state index contributed by atoms with van der Waals surface area (Å²) in [6.07, 6.45) is 1.39. The standard InChI is InChI=1S/C11H6BrN3OS/c12-8-3-10(17-6-8)15-11(16)7-1-2-9(4-13)14-5-7/h1-3,5-6H,(H,15,16). The van der Waals surface area contributed by atoms with Gasteiger partial charge in [0.2, 0.25) is 0 Å². The molecule has 0 aliphatic heterocycles. The molecule has 0 aliphatic rings. The van der Waals surface area contributed by atoms with E-state index in [0.29, 0.717) is 11.3 Å². The van der Waals surface area contributed by atoms with Crippen LogP contribution in [0.4, 0.5) is 5.00 Å². The molecule has 2 heterocycles. The number of nitriles is 1. The largest absolute Gasteiger partial charge is 0.313 e. The lowest BCUT2D eigenvalue weighted by atomic mass is 10.2. The maximum Gasteiger partial charge on any atom is 0.257 e. The van der Waals surface area contributed by atoms with Crippen LogP contribution >= 0.6 is 27.3 Å². The van der Waals surface area contributed by atoms with Crippen LogP contribution in [-0.2, 0) is 0 Å². The fraction of sp³-hybridized carbons (Fsp3) is 0. The van der Waals surface area contributed by atoms with E-state index in [1.165, 1.54) is 23.6 Å². The van der Waals surface area contributed by atoms with E-state index in [-0.39, 0.29) is 5.91 Å². The first-order valence-electron chi connectivity index (χ1n) is 4.60. The van der Waals surface area contributed by atoms with E-state index in [2.05, 4.69) is 26.2 Å². The van der Waals surface area contributed by atoms with Crippen LogP contribution in [0.15, 0.2) is 34.2 Å². The molecule has 0 saturated heterocycles. The van der Waals surface area contributed by atoms with Gasteiger partial charge in [0, 0.05) is 16.0 Å². The summed E-state index contributed by atoms with van der Waals surface area (Å²) in [5.74, 6) is -0.240. The molecule has 0 radical (unpaired) electrons. The first-order chi connectivity index (χ1) is 8.19. The van der Waals surface area contributed by atoms with E-state index in [9.17, 15) is 4.79 Å². The zero-order valence-corrected chi connectivity index (χ0v) is 10.9. The van der Waals surface area contributed by atoms with Crippen LogP contribution in [0.25, 0.3) is 0 Å². The van der Waals surface area contributed by atoms with Crippen LogP contribution in [-0.4, -0.2) is 10.9 Å². The number of anilines is 1. The third-order valence-corrected chi connectivity index (χ3v) is 3.55. The van der Waals surface area contributed by atoms with Crippen molar-refractivity contribution in [2.75, 3.05) is 5.32 Å². The summed E-state index contributed by atoms with van der Waals surface area (Å²) in [6.45, 7) is 0. The summed E-state index contributed by atoms with van der Waals surface area (Å²) in [4.78, 5) is 15.6. The number of hydrogen-bond acceptors (Lipinski definition) is 4. The predicted molar refractivity (Wildman–Crippen MR) is 68.9 cm³/mol. The Labute approximate surface area is 110 Å². The highest BCUT2D eigenvalue weighted by molar-refractivity contribution is 9.10. The van der Waals surface area contributed by atoms with Gasteiger partial charge in [-0.25, -0.2) is 4.98 Å². The third-order valence-electron chi connectivity index (χ3n) is 1.94. The Bertz CT molecular complexity index is 586. The van der Waals surface area contributed by atoms with Crippen molar-refractivity contribution in [3.8, 4) is 6.07 Å². The van der Waals surface area contributed by atoms with Gasteiger partial charge in [-0.15, -0.1) is 11.3 Å². The van der Waals surface area contributed by atoms with E-state index in [4.69, 9.17) is 5.26 Å². The number of nitrogens with one attached hydrogen (secondary N) is 1. The van der Waals surface area contributed by atoms with Crippen molar-refractivity contribution in [2.45, 2.75) is 0 Å². The lowest BCUT2D eigenvalue weighted by molar-refractivity contribution is 0.102. The Hall–Kier alpha value is -1.71. The summed E-state index contributed by atoms with van der Waals surface area (Å²) >= 11 is 4.74. The van der Waals surface area contributed by atoms with Gasteiger partial charge < -0.3 is 5.32 Å². The molecule has 84 valence electrons. The van der Waals surface area contributed by atoms with Crippen LogP contribution in [0.1, 0.15) is 16.1 Å². The molecule has 0 aliphatic carbocycles. The van der Waals surface area contributed by atoms with Gasteiger partial charge in [0.25, 0.3) is 5.91 Å². The summed E-state index contributed by atoms with van der Waals surface area (Å²) in [6, 6.07) is 6.80. The maximum atomic E-state index is 11.8. The molecule has 17 heavy (non-hydrogen) atoms. The first kappa shape index (κ1) is 11.8. The second-order valence-electron chi connectivity index (χ2n) is 3.13. The number of aromatic nitrogens is 1. The highest BCUT2D eigenvalue weighted by Gasteiger charge is 2.07. The molecular formula is C11H6BrN3OS. The normalized spacial score (nSPS) is 9.65. The number of rotatable bonds is 2. The van der Waals surface area contributed by atoms with Crippen LogP contribution in [0, 0.1) is 11.3 Å². The molecule has 0 spiro atoms. The van der Waals surface area contributed by atoms with E-state index in [0.717, 1.165) is 9.47 Å². The third kappa shape index (κ3) is 2.90. The monoisotopic (exact) mass is 307 g/mol. The molecule has 0 aromatic carbocycles. The second-order valence-corrected chi connectivity index (χ2v) is 4.95. The van der Waals surface area contributed by atoms with Gasteiger partial charge in [0.15, 0.2) is 0 Å². The van der Waals surface area contributed by atoms with E-state index < -0.39 is 0 Å². The number of pyridine rings is 1. The number of amides is 1. The number of carbonyl (C=O) groups excluding carboxylic acids is 1. The molecule has 1 N–H and O–H groups in total. The Morgan fingerprint density at radius 3 is 2.88 bits per heavy atom. The summed E-state index contributed by atoms with van der Waals surface area (Å²) < 4.78 is 0.927. The van der Waals surface area contributed by atoms with Crippen LogP contribution in [0.3, 0.4) is 0 Å². The minimum absolute atomic E-state index is 0.240. The molecule has 0 fully saturated rings. The maximum absolute atomic E-state index is 11.8. The summed E-state index contributed by atoms with van der Waals surface area (Å²) in [5.41, 5.74) is 0.717. The molecule has 0 atom stereocenters. The van der Waals surface area contributed by atoms with Crippen molar-refractivity contribution in [3.05, 3.63) is 45.5 Å². The van der Waals surface area contributed by atoms with Crippen LogP contribution in [0.5, 0.6) is 0 Å². The van der Waals surface area contributed by atoms with Crippen molar-refractivity contribution >= 4 is 38.2 Å². The zero-order chi connectivity index (χ0) is 12.3. The van der Waals surface area contributed by atoms with Crippen molar-refractivity contribution < 1.29 is 4.79 Å². The van der Waals surface area contributed by atoms with E-state index in [1.54, 1.807) is 6.07 Å². The van der Waals surface area contributed by atoms with Gasteiger partial charge in [0.1, 0.15) is 11.8 Å². The predicted octanol–water partition coefficient (Wildman–Crippen LogP) is 3.03. The Morgan fingerprint density at radius 1 is 1.53 bits per heavy atom. The zero-order valence-electron chi connectivity index (χ0n) is 8.48. The molecule has 0 unspecified atom stereocenters. The highest BCUT2D eigenvalue weighted by atomic mass is 79.9. The molecule has 0 bridgehead atoms.